The van der Waals surface area contributed by atoms with E-state index in [9.17, 15) is 14.4 Å². The predicted molar refractivity (Wildman–Crippen MR) is 91.9 cm³/mol. The molecule has 136 valence electrons. The molecule has 1 aromatic rings. The maximum absolute atomic E-state index is 11.0. The molecule has 0 fully saturated rings. The summed E-state index contributed by atoms with van der Waals surface area (Å²) in [4.78, 5) is 32.0. The molecule has 1 rings (SSSR count). The molecule has 0 aliphatic heterocycles. The molecule has 0 unspecified atom stereocenters. The number of hydrogen-bond donors (Lipinski definition) is 0. The fourth-order valence-electron chi connectivity index (χ4n) is 1.15. The Labute approximate surface area is 144 Å². The minimum Gasteiger partial charge on any atom is -0.469 e. The highest BCUT2D eigenvalue weighted by Gasteiger charge is 2.05. The summed E-state index contributed by atoms with van der Waals surface area (Å²) in [6.07, 6.45) is 1.08. The van der Waals surface area contributed by atoms with Gasteiger partial charge in [0.15, 0.2) is 0 Å². The molecular weight excluding hydrogens is 312 g/mol. The highest BCUT2D eigenvalue weighted by Crippen LogP contribution is 2.20. The summed E-state index contributed by atoms with van der Waals surface area (Å²) in [5.74, 6) is -0.0329. The van der Waals surface area contributed by atoms with Crippen LogP contribution >= 0.6 is 0 Å². The predicted octanol–water partition coefficient (Wildman–Crippen LogP) is 3.91. The van der Waals surface area contributed by atoms with Crippen LogP contribution in [0.4, 0.5) is 0 Å². The van der Waals surface area contributed by atoms with Crippen LogP contribution in [0.15, 0.2) is 24.3 Å². The number of carbonyl (C=O) groups excluding carboxylic acids is 3. The molecule has 6 heteroatoms. The molecule has 0 aromatic heterocycles. The summed E-state index contributed by atoms with van der Waals surface area (Å²) in [6, 6.07) is 6.45. The van der Waals surface area contributed by atoms with Crippen LogP contribution in [0.3, 0.4) is 0 Å². The zero-order valence-corrected chi connectivity index (χ0v) is 15.4. The van der Waals surface area contributed by atoms with Crippen LogP contribution in [0.1, 0.15) is 53.9 Å². The average molecular weight is 340 g/mol. The molecule has 0 spiro atoms. The fourth-order valence-corrected chi connectivity index (χ4v) is 1.15. The van der Waals surface area contributed by atoms with Gasteiger partial charge in [-0.3, -0.25) is 14.4 Å². The quantitative estimate of drug-likeness (QED) is 0.597. The lowest BCUT2D eigenvalue weighted by atomic mass is 10.3. The number of esters is 3. The molecule has 0 amide bonds. The number of carbonyl (C=O) groups is 3. The second-order valence-corrected chi connectivity index (χ2v) is 4.06. The van der Waals surface area contributed by atoms with E-state index in [1.54, 1.807) is 39.0 Å². The first-order valence-electron chi connectivity index (χ1n) is 8.04. The van der Waals surface area contributed by atoms with Gasteiger partial charge in [-0.2, -0.15) is 0 Å². The Morgan fingerprint density at radius 3 is 1.42 bits per heavy atom. The van der Waals surface area contributed by atoms with Crippen molar-refractivity contribution < 1.29 is 28.6 Å². The molecule has 0 radical (unpaired) electrons. The molecule has 0 N–H and O–H groups in total. The van der Waals surface area contributed by atoms with Crippen molar-refractivity contribution >= 4 is 17.9 Å². The Bertz CT molecular complexity index is 457. The molecule has 0 saturated carbocycles. The summed E-state index contributed by atoms with van der Waals surface area (Å²) < 4.78 is 14.2. The molecule has 6 nitrogen and oxygen atoms in total. The van der Waals surface area contributed by atoms with E-state index in [0.29, 0.717) is 30.8 Å². The van der Waals surface area contributed by atoms with Crippen LogP contribution in [-0.2, 0) is 19.1 Å². The molecule has 0 aliphatic carbocycles. The van der Waals surface area contributed by atoms with Crippen LogP contribution in [0.2, 0.25) is 0 Å². The lowest BCUT2D eigenvalue weighted by molar-refractivity contribution is -0.140. The van der Waals surface area contributed by atoms with Gasteiger partial charge in [-0.1, -0.05) is 40.7 Å². The standard InChI is InChI=1S/C12H14O4.C4H8O2.C2H6/c1-3-11(13)15-9-6-5-7-10(8-9)16-12(14)4-2;1-3-4(5)6-2;1-2/h5-8H,3-4H2,1-2H3;3H2,1-2H3;1-2H3. The first-order valence-corrected chi connectivity index (χ1v) is 8.04. The molecular formula is C18H28O6. The van der Waals surface area contributed by atoms with Crippen molar-refractivity contribution in [3.63, 3.8) is 0 Å². The monoisotopic (exact) mass is 340 g/mol. The van der Waals surface area contributed by atoms with E-state index in [0.717, 1.165) is 0 Å². The minimum absolute atomic E-state index is 0.157. The Kier molecular flexibility index (Phi) is 15.5. The van der Waals surface area contributed by atoms with Gasteiger partial charge in [-0.05, 0) is 12.1 Å². The van der Waals surface area contributed by atoms with Gasteiger partial charge in [-0.25, -0.2) is 0 Å². The zero-order chi connectivity index (χ0) is 19.0. The molecule has 0 aliphatic rings. The third-order valence-corrected chi connectivity index (χ3v) is 2.36. The van der Waals surface area contributed by atoms with Crippen molar-refractivity contribution in [3.8, 4) is 11.5 Å². The smallest absolute Gasteiger partial charge is 0.310 e. The van der Waals surface area contributed by atoms with Gasteiger partial charge in [0.05, 0.1) is 7.11 Å². The van der Waals surface area contributed by atoms with E-state index in [-0.39, 0.29) is 17.9 Å². The Morgan fingerprint density at radius 2 is 1.17 bits per heavy atom. The van der Waals surface area contributed by atoms with Gasteiger partial charge in [0, 0.05) is 25.3 Å². The van der Waals surface area contributed by atoms with Crippen molar-refractivity contribution in [3.05, 3.63) is 24.3 Å². The van der Waals surface area contributed by atoms with Crippen LogP contribution in [0.25, 0.3) is 0 Å². The van der Waals surface area contributed by atoms with Gasteiger partial charge >= 0.3 is 17.9 Å². The van der Waals surface area contributed by atoms with E-state index >= 15 is 0 Å². The number of hydrogen-bond acceptors (Lipinski definition) is 6. The molecule has 1 aromatic carbocycles. The molecule has 0 atom stereocenters. The number of benzene rings is 1. The van der Waals surface area contributed by atoms with Gasteiger partial charge < -0.3 is 14.2 Å². The summed E-state index contributed by atoms with van der Waals surface area (Å²) in [5, 5.41) is 0. The molecule has 24 heavy (non-hydrogen) atoms. The minimum atomic E-state index is -0.320. The van der Waals surface area contributed by atoms with Crippen LogP contribution in [-0.4, -0.2) is 25.0 Å². The topological polar surface area (TPSA) is 78.9 Å². The van der Waals surface area contributed by atoms with Crippen molar-refractivity contribution in [2.24, 2.45) is 0 Å². The summed E-state index contributed by atoms with van der Waals surface area (Å²) >= 11 is 0. The maximum atomic E-state index is 11.0. The Morgan fingerprint density at radius 1 is 0.792 bits per heavy atom. The highest BCUT2D eigenvalue weighted by molar-refractivity contribution is 5.73. The number of ether oxygens (including phenoxy) is 3. The van der Waals surface area contributed by atoms with Crippen LogP contribution in [0, 0.1) is 0 Å². The number of rotatable bonds is 5. The lowest BCUT2D eigenvalue weighted by Crippen LogP contribution is -2.07. The van der Waals surface area contributed by atoms with E-state index in [4.69, 9.17) is 9.47 Å². The van der Waals surface area contributed by atoms with Gasteiger partial charge in [-0.15, -0.1) is 0 Å². The van der Waals surface area contributed by atoms with Crippen molar-refractivity contribution in [2.45, 2.75) is 53.9 Å². The Balaban J connectivity index is 0. The first-order chi connectivity index (χ1) is 11.5. The van der Waals surface area contributed by atoms with E-state index in [2.05, 4.69) is 4.74 Å². The third kappa shape index (κ3) is 12.2. The van der Waals surface area contributed by atoms with Crippen molar-refractivity contribution in [1.82, 2.24) is 0 Å². The third-order valence-electron chi connectivity index (χ3n) is 2.36. The normalized spacial score (nSPS) is 8.58. The summed E-state index contributed by atoms with van der Waals surface area (Å²) in [7, 11) is 1.38. The van der Waals surface area contributed by atoms with Crippen molar-refractivity contribution in [2.75, 3.05) is 7.11 Å². The molecule has 0 heterocycles. The van der Waals surface area contributed by atoms with Gasteiger partial charge in [0.25, 0.3) is 0 Å². The van der Waals surface area contributed by atoms with E-state index < -0.39 is 0 Å². The zero-order valence-electron chi connectivity index (χ0n) is 15.4. The van der Waals surface area contributed by atoms with Crippen molar-refractivity contribution in [1.29, 1.82) is 0 Å². The van der Waals surface area contributed by atoms with E-state index in [1.165, 1.54) is 13.2 Å². The largest absolute Gasteiger partial charge is 0.469 e. The first kappa shape index (κ1) is 23.9. The molecule has 0 bridgehead atoms. The fraction of sp³-hybridized carbons (Fsp3) is 0.500. The SMILES string of the molecule is CC.CCC(=O)OC.CCC(=O)Oc1cccc(OC(=O)CC)c1. The number of methoxy groups -OCH3 is 1. The lowest BCUT2D eigenvalue weighted by Gasteiger charge is -2.05. The van der Waals surface area contributed by atoms with Gasteiger partial charge in [0.2, 0.25) is 0 Å². The summed E-state index contributed by atoms with van der Waals surface area (Å²) in [6.45, 7) is 9.18. The summed E-state index contributed by atoms with van der Waals surface area (Å²) in [5.41, 5.74) is 0. The Hall–Kier alpha value is -2.37. The maximum Gasteiger partial charge on any atom is 0.310 e. The molecule has 0 saturated heterocycles. The van der Waals surface area contributed by atoms with E-state index in [1.807, 2.05) is 13.8 Å². The second-order valence-electron chi connectivity index (χ2n) is 4.06. The van der Waals surface area contributed by atoms with Gasteiger partial charge in [0.1, 0.15) is 11.5 Å². The van der Waals surface area contributed by atoms with Crippen LogP contribution < -0.4 is 9.47 Å². The highest BCUT2D eigenvalue weighted by atomic mass is 16.5. The second kappa shape index (κ2) is 15.5. The van der Waals surface area contributed by atoms with Crippen LogP contribution in [0.5, 0.6) is 11.5 Å². The average Bonchev–Trinajstić information content (AvgIpc) is 2.63.